The van der Waals surface area contributed by atoms with Crippen LogP contribution in [-0.4, -0.2) is 23.5 Å². The summed E-state index contributed by atoms with van der Waals surface area (Å²) in [5, 5.41) is 10.2. The van der Waals surface area contributed by atoms with Crippen LogP contribution in [0.5, 0.6) is 0 Å². The fourth-order valence-corrected chi connectivity index (χ4v) is 1.46. The van der Waals surface area contributed by atoms with Crippen molar-refractivity contribution < 1.29 is 54.5 Å². The van der Waals surface area contributed by atoms with E-state index in [4.69, 9.17) is 0 Å². The molecule has 0 aromatic heterocycles. The monoisotopic (exact) mass is 324 g/mol. The third-order valence-corrected chi connectivity index (χ3v) is 2.55. The molecule has 0 saturated carbocycles. The molecule has 0 amide bonds. The van der Waals surface area contributed by atoms with Crippen molar-refractivity contribution in [2.24, 2.45) is 10.9 Å². The molecule has 1 unspecified atom stereocenters. The van der Waals surface area contributed by atoms with Gasteiger partial charge in [0.2, 0.25) is 0 Å². The third kappa shape index (κ3) is 4.50. The van der Waals surface area contributed by atoms with Gasteiger partial charge in [0.05, 0.1) is 0 Å². The van der Waals surface area contributed by atoms with Gasteiger partial charge in [-0.1, -0.05) is 27.2 Å². The summed E-state index contributed by atoms with van der Waals surface area (Å²) in [4.78, 5) is 4.07. The summed E-state index contributed by atoms with van der Waals surface area (Å²) in [6.07, 6.45) is 1.79. The number of aliphatic hydroxyl groups is 1. The Labute approximate surface area is 123 Å². The van der Waals surface area contributed by atoms with Crippen molar-refractivity contribution in [1.29, 1.82) is 0 Å². The Kier molecular flexibility index (Phi) is 9.60. The Morgan fingerprint density at radius 2 is 1.92 bits per heavy atom. The van der Waals surface area contributed by atoms with Gasteiger partial charge in [0, 0.05) is 62.1 Å². The Balaban J connectivity index is 0. The Bertz CT molecular complexity index is 168. The minimum absolute atomic E-state index is 0. The zero-order chi connectivity index (χ0) is 9.78. The van der Waals surface area contributed by atoms with Crippen molar-refractivity contribution in [3.8, 4) is 0 Å². The van der Waals surface area contributed by atoms with Gasteiger partial charge in [0.1, 0.15) is 5.60 Å². The molecule has 0 fully saturated rings. The average molecular weight is 323 g/mol. The van der Waals surface area contributed by atoms with Crippen LogP contribution >= 0.6 is 0 Å². The Morgan fingerprint density at radius 3 is 2.15 bits per heavy atom. The van der Waals surface area contributed by atoms with Gasteiger partial charge >= 0.3 is 0 Å². The van der Waals surface area contributed by atoms with Gasteiger partial charge in [0.15, 0.2) is 0 Å². The molecule has 2 nitrogen and oxygen atoms in total. The molecule has 1 N–H and O–H groups in total. The molecule has 0 aromatic rings. The molecule has 0 aromatic carbocycles. The number of hydrogen-bond donors (Lipinski definition) is 1. The normalized spacial score (nSPS) is 16.7. The van der Waals surface area contributed by atoms with E-state index < -0.39 is 5.60 Å². The predicted octanol–water partition coefficient (Wildman–Crippen LogP) is 2.26. The van der Waals surface area contributed by atoms with Crippen LogP contribution in [0.25, 0.3) is 0 Å². The first-order chi connectivity index (χ1) is 5.49. The number of nitrogens with zero attached hydrogens (tertiary/aromatic N) is 1. The van der Waals surface area contributed by atoms with E-state index in [-0.39, 0.29) is 55.3 Å². The summed E-state index contributed by atoms with van der Waals surface area (Å²) < 4.78 is 0. The van der Waals surface area contributed by atoms with Gasteiger partial charge in [-0.05, 0) is 19.3 Å². The minimum Gasteiger partial charge on any atom is -0.384 e. The maximum absolute atomic E-state index is 10.2. The van der Waals surface area contributed by atoms with Crippen LogP contribution in [0.3, 0.4) is 0 Å². The van der Waals surface area contributed by atoms with Crippen LogP contribution < -0.4 is 0 Å². The van der Waals surface area contributed by atoms with Crippen molar-refractivity contribution in [3.63, 3.8) is 0 Å². The van der Waals surface area contributed by atoms with Crippen LogP contribution in [-0.2, 0) is 0 Å². The fraction of sp³-hybridized carbons (Fsp3) is 0.900. The second-order valence-corrected chi connectivity index (χ2v) is 3.64. The third-order valence-electron chi connectivity index (χ3n) is 2.55. The summed E-state index contributed by atoms with van der Waals surface area (Å²) in [6, 6.07) is 0. The molecule has 79 valence electrons. The molecule has 1 atom stereocenters. The quantitative estimate of drug-likeness (QED) is 0.791. The molecule has 0 rings (SSSR count). The molecule has 13 heavy (non-hydrogen) atoms. The van der Waals surface area contributed by atoms with Crippen LogP contribution in [0.1, 0.15) is 40.5 Å². The molecular formula is C10H21EuNO. The Hall–Kier alpha value is 1.21. The van der Waals surface area contributed by atoms with E-state index in [2.05, 4.69) is 11.9 Å². The van der Waals surface area contributed by atoms with Crippen LogP contribution in [0.2, 0.25) is 0 Å². The Morgan fingerprint density at radius 1 is 1.46 bits per heavy atom. The van der Waals surface area contributed by atoms with Gasteiger partial charge in [0.25, 0.3) is 0 Å². The molecule has 1 radical (unpaired) electrons. The predicted molar refractivity (Wildman–Crippen MR) is 53.7 cm³/mol. The smallest absolute Gasteiger partial charge is 0.104 e. The molecule has 0 aliphatic rings. The first kappa shape index (κ1) is 16.6. The fourth-order valence-electron chi connectivity index (χ4n) is 1.46. The SMILES string of the molecule is CCCC(O)(C(C)=NC)C(C)C.[Eu]. The minimum atomic E-state index is -0.691. The first-order valence-corrected chi connectivity index (χ1v) is 4.65. The van der Waals surface area contributed by atoms with Gasteiger partial charge in [-0.3, -0.25) is 4.99 Å². The number of hydrogen-bond acceptors (Lipinski definition) is 2. The maximum atomic E-state index is 10.2. The van der Waals surface area contributed by atoms with E-state index in [0.717, 1.165) is 18.6 Å². The molecule has 0 spiro atoms. The molecule has 0 aliphatic carbocycles. The molecule has 0 saturated heterocycles. The molecule has 3 heteroatoms. The molecular weight excluding hydrogens is 302 g/mol. The molecule has 0 aliphatic heterocycles. The van der Waals surface area contributed by atoms with Crippen LogP contribution in [0.15, 0.2) is 4.99 Å². The molecule has 0 heterocycles. The largest absolute Gasteiger partial charge is 0.384 e. The molecule has 0 bridgehead atoms. The van der Waals surface area contributed by atoms with Crippen molar-refractivity contribution in [2.45, 2.75) is 46.1 Å². The summed E-state index contributed by atoms with van der Waals surface area (Å²) in [5.41, 5.74) is 0.156. The summed E-state index contributed by atoms with van der Waals surface area (Å²) >= 11 is 0. The topological polar surface area (TPSA) is 32.6 Å². The van der Waals surface area contributed by atoms with E-state index in [1.54, 1.807) is 7.05 Å². The van der Waals surface area contributed by atoms with Gasteiger partial charge in [-0.2, -0.15) is 0 Å². The van der Waals surface area contributed by atoms with Crippen molar-refractivity contribution in [3.05, 3.63) is 0 Å². The summed E-state index contributed by atoms with van der Waals surface area (Å²) in [7, 11) is 1.73. The number of rotatable bonds is 4. The van der Waals surface area contributed by atoms with Gasteiger partial charge in [-0.15, -0.1) is 0 Å². The second-order valence-electron chi connectivity index (χ2n) is 3.64. The second kappa shape index (κ2) is 7.50. The average Bonchev–Trinajstić information content (AvgIpc) is 2.03. The van der Waals surface area contributed by atoms with Crippen molar-refractivity contribution in [1.82, 2.24) is 0 Å². The van der Waals surface area contributed by atoms with E-state index in [1.807, 2.05) is 20.8 Å². The summed E-state index contributed by atoms with van der Waals surface area (Å²) in [5.74, 6) is 0.237. The van der Waals surface area contributed by atoms with Gasteiger partial charge < -0.3 is 5.11 Å². The zero-order valence-corrected chi connectivity index (χ0v) is 11.7. The summed E-state index contributed by atoms with van der Waals surface area (Å²) in [6.45, 7) is 8.04. The van der Waals surface area contributed by atoms with Crippen molar-refractivity contribution >= 4 is 5.71 Å². The van der Waals surface area contributed by atoms with E-state index >= 15 is 0 Å². The van der Waals surface area contributed by atoms with E-state index in [0.29, 0.717) is 0 Å². The maximum Gasteiger partial charge on any atom is 0.104 e. The van der Waals surface area contributed by atoms with Crippen LogP contribution in [0.4, 0.5) is 0 Å². The zero-order valence-electron chi connectivity index (χ0n) is 9.26. The number of aliphatic imine (C=N–C) groups is 1. The van der Waals surface area contributed by atoms with E-state index in [1.165, 1.54) is 0 Å². The van der Waals surface area contributed by atoms with Gasteiger partial charge in [-0.25, -0.2) is 0 Å². The van der Waals surface area contributed by atoms with Crippen LogP contribution in [0, 0.1) is 55.3 Å². The standard InChI is InChI=1S/C10H21NO.Eu/c1-6-7-10(12,8(2)3)9(4)11-5;/h8,12H,6-7H2,1-5H3;. The first-order valence-electron chi connectivity index (χ1n) is 4.65. The van der Waals surface area contributed by atoms with Crippen molar-refractivity contribution in [2.75, 3.05) is 7.05 Å². The van der Waals surface area contributed by atoms with E-state index in [9.17, 15) is 5.11 Å².